The molecule has 2 rings (SSSR count). The molecule has 1 amide bonds. The van der Waals surface area contributed by atoms with Crippen molar-refractivity contribution >= 4 is 5.91 Å². The zero-order valence-corrected chi connectivity index (χ0v) is 10.4. The van der Waals surface area contributed by atoms with E-state index in [9.17, 15) is 13.6 Å². The third kappa shape index (κ3) is 3.01. The van der Waals surface area contributed by atoms with Gasteiger partial charge in [-0.05, 0) is 6.07 Å². The third-order valence-electron chi connectivity index (χ3n) is 3.07. The topological polar surface area (TPSA) is 55.6 Å². The second-order valence-corrected chi connectivity index (χ2v) is 4.37. The molecule has 1 heterocycles. The maximum Gasteiger partial charge on any atom is 0.255 e. The molecule has 1 aliphatic rings. The summed E-state index contributed by atoms with van der Waals surface area (Å²) in [5.41, 5.74) is 6.12. The summed E-state index contributed by atoms with van der Waals surface area (Å²) in [6, 6.07) is 7.16. The number of nitrogens with zero attached hydrogens (tertiary/aromatic N) is 1. The Kier molecular flexibility index (Phi) is 4.31. The number of carbonyl (C=O) groups is 1. The van der Waals surface area contributed by atoms with Gasteiger partial charge in [-0.25, -0.2) is 8.78 Å². The van der Waals surface area contributed by atoms with E-state index in [1.54, 1.807) is 18.2 Å². The van der Waals surface area contributed by atoms with Gasteiger partial charge in [0.25, 0.3) is 6.43 Å². The van der Waals surface area contributed by atoms with Crippen LogP contribution in [0, 0.1) is 0 Å². The lowest BCUT2D eigenvalue weighted by Gasteiger charge is -2.24. The molecule has 0 saturated carbocycles. The molecule has 0 aromatic heterocycles. The molecule has 0 radical (unpaired) electrons. The zero-order chi connectivity index (χ0) is 13.8. The van der Waals surface area contributed by atoms with Gasteiger partial charge < -0.3 is 15.4 Å². The predicted molar refractivity (Wildman–Crippen MR) is 66.3 cm³/mol. The van der Waals surface area contributed by atoms with Gasteiger partial charge in [0.1, 0.15) is 18.3 Å². The van der Waals surface area contributed by atoms with Crippen LogP contribution in [-0.4, -0.2) is 43.5 Å². The largest absolute Gasteiger partial charge is 0.492 e. The number of halogens is 2. The molecule has 2 N–H and O–H groups in total. The second kappa shape index (κ2) is 5.97. The molecule has 0 saturated heterocycles. The van der Waals surface area contributed by atoms with Crippen molar-refractivity contribution < 1.29 is 18.3 Å². The molecule has 6 heteroatoms. The summed E-state index contributed by atoms with van der Waals surface area (Å²) in [6.45, 7) is -0.104. The van der Waals surface area contributed by atoms with Gasteiger partial charge in [-0.3, -0.25) is 4.79 Å². The van der Waals surface area contributed by atoms with Crippen molar-refractivity contribution in [3.05, 3.63) is 29.8 Å². The smallest absolute Gasteiger partial charge is 0.255 e. The third-order valence-corrected chi connectivity index (χ3v) is 3.07. The number of hydrogen-bond acceptors (Lipinski definition) is 3. The van der Waals surface area contributed by atoms with E-state index in [4.69, 9.17) is 10.5 Å². The van der Waals surface area contributed by atoms with Crippen LogP contribution in [0.15, 0.2) is 24.3 Å². The van der Waals surface area contributed by atoms with E-state index in [0.717, 1.165) is 10.5 Å². The number of nitrogens with two attached hydrogens (primary N) is 1. The predicted octanol–water partition coefficient (Wildman–Crippen LogP) is 1.21. The van der Waals surface area contributed by atoms with Crippen LogP contribution >= 0.6 is 0 Å². The molecule has 19 heavy (non-hydrogen) atoms. The average molecular weight is 270 g/mol. The van der Waals surface area contributed by atoms with Crippen LogP contribution < -0.4 is 10.5 Å². The Morgan fingerprint density at radius 2 is 2.21 bits per heavy atom. The molecule has 0 bridgehead atoms. The summed E-state index contributed by atoms with van der Waals surface area (Å²) in [4.78, 5) is 13.4. The Labute approximate surface area is 110 Å². The van der Waals surface area contributed by atoms with E-state index in [1.165, 1.54) is 0 Å². The van der Waals surface area contributed by atoms with Crippen LogP contribution in [0.1, 0.15) is 11.5 Å². The van der Waals surface area contributed by atoms with E-state index >= 15 is 0 Å². The SMILES string of the molecule is NCCN(CC(F)F)C(=O)C1COc2ccccc21. The number of ether oxygens (including phenoxy) is 1. The molecular weight excluding hydrogens is 254 g/mol. The van der Waals surface area contributed by atoms with Crippen molar-refractivity contribution in [1.29, 1.82) is 0 Å². The van der Waals surface area contributed by atoms with Crippen LogP contribution in [0.4, 0.5) is 8.78 Å². The highest BCUT2D eigenvalue weighted by Crippen LogP contribution is 2.34. The molecule has 1 unspecified atom stereocenters. The highest BCUT2D eigenvalue weighted by Gasteiger charge is 2.33. The van der Waals surface area contributed by atoms with Crippen LogP contribution in [0.2, 0.25) is 0 Å². The summed E-state index contributed by atoms with van der Waals surface area (Å²) in [5, 5.41) is 0. The highest BCUT2D eigenvalue weighted by atomic mass is 19.3. The fourth-order valence-corrected chi connectivity index (χ4v) is 2.20. The first-order chi connectivity index (χ1) is 9.13. The van der Waals surface area contributed by atoms with Gasteiger partial charge in [-0.15, -0.1) is 0 Å². The highest BCUT2D eigenvalue weighted by molar-refractivity contribution is 5.85. The van der Waals surface area contributed by atoms with Gasteiger partial charge in [-0.2, -0.15) is 0 Å². The van der Waals surface area contributed by atoms with Gasteiger partial charge in [0.05, 0.1) is 6.54 Å². The Morgan fingerprint density at radius 3 is 2.89 bits per heavy atom. The molecule has 0 aliphatic carbocycles. The van der Waals surface area contributed by atoms with Crippen LogP contribution in [0.25, 0.3) is 0 Å². The molecule has 1 aromatic rings. The van der Waals surface area contributed by atoms with E-state index in [2.05, 4.69) is 0 Å². The Morgan fingerprint density at radius 1 is 1.47 bits per heavy atom. The molecule has 1 aromatic carbocycles. The fourth-order valence-electron chi connectivity index (χ4n) is 2.20. The van der Waals surface area contributed by atoms with E-state index < -0.39 is 18.9 Å². The van der Waals surface area contributed by atoms with Crippen LogP contribution in [0.5, 0.6) is 5.75 Å². The summed E-state index contributed by atoms with van der Waals surface area (Å²) in [5.74, 6) is -0.220. The number of alkyl halides is 2. The van der Waals surface area contributed by atoms with Gasteiger partial charge in [0.15, 0.2) is 0 Å². The first-order valence-electron chi connectivity index (χ1n) is 6.12. The van der Waals surface area contributed by atoms with Crippen molar-refractivity contribution in [3.8, 4) is 5.75 Å². The molecule has 1 atom stereocenters. The number of fused-ring (bicyclic) bond motifs is 1. The lowest BCUT2D eigenvalue weighted by molar-refractivity contribution is -0.134. The molecule has 1 aliphatic heterocycles. The quantitative estimate of drug-likeness (QED) is 0.875. The Bertz CT molecular complexity index is 454. The minimum atomic E-state index is -2.56. The number of carbonyl (C=O) groups excluding carboxylic acids is 1. The van der Waals surface area contributed by atoms with Crippen molar-refractivity contribution in [3.63, 3.8) is 0 Å². The summed E-state index contributed by atoms with van der Waals surface area (Å²) >= 11 is 0. The van der Waals surface area contributed by atoms with E-state index in [1.807, 2.05) is 6.07 Å². The minimum absolute atomic E-state index is 0.127. The first-order valence-corrected chi connectivity index (χ1v) is 6.12. The number of hydrogen-bond donors (Lipinski definition) is 1. The molecule has 0 spiro atoms. The Balaban J connectivity index is 2.14. The van der Waals surface area contributed by atoms with Gasteiger partial charge in [-0.1, -0.05) is 18.2 Å². The van der Waals surface area contributed by atoms with Gasteiger partial charge in [0, 0.05) is 18.7 Å². The van der Waals surface area contributed by atoms with Gasteiger partial charge in [0.2, 0.25) is 5.91 Å². The first kappa shape index (κ1) is 13.7. The summed E-state index contributed by atoms with van der Waals surface area (Å²) < 4.78 is 30.4. The molecule has 4 nitrogen and oxygen atoms in total. The number of rotatable bonds is 5. The van der Waals surface area contributed by atoms with Crippen LogP contribution in [-0.2, 0) is 4.79 Å². The number of para-hydroxylation sites is 1. The molecule has 104 valence electrons. The standard InChI is InChI=1S/C13H16F2N2O2/c14-12(15)7-17(6-5-16)13(18)10-8-19-11-4-2-1-3-9(10)11/h1-4,10,12H,5-8,16H2. The summed E-state index contributed by atoms with van der Waals surface area (Å²) in [7, 11) is 0. The minimum Gasteiger partial charge on any atom is -0.492 e. The van der Waals surface area contributed by atoms with Crippen LogP contribution in [0.3, 0.4) is 0 Å². The maximum absolute atomic E-state index is 12.5. The monoisotopic (exact) mass is 270 g/mol. The van der Waals surface area contributed by atoms with E-state index in [-0.39, 0.29) is 25.6 Å². The number of benzene rings is 1. The molecular formula is C13H16F2N2O2. The average Bonchev–Trinajstić information content (AvgIpc) is 2.80. The summed E-state index contributed by atoms with van der Waals surface area (Å²) in [6.07, 6.45) is -2.56. The zero-order valence-electron chi connectivity index (χ0n) is 10.4. The van der Waals surface area contributed by atoms with Crippen molar-refractivity contribution in [2.75, 3.05) is 26.2 Å². The lowest BCUT2D eigenvalue weighted by Crippen LogP contribution is -2.41. The lowest BCUT2D eigenvalue weighted by atomic mass is 10.00. The Hall–Kier alpha value is -1.69. The fraction of sp³-hybridized carbons (Fsp3) is 0.462. The van der Waals surface area contributed by atoms with Gasteiger partial charge >= 0.3 is 0 Å². The van der Waals surface area contributed by atoms with E-state index in [0.29, 0.717) is 5.75 Å². The second-order valence-electron chi connectivity index (χ2n) is 4.37. The van der Waals surface area contributed by atoms with Crippen molar-refractivity contribution in [1.82, 2.24) is 4.90 Å². The maximum atomic E-state index is 12.5. The normalized spacial score (nSPS) is 17.2. The molecule has 0 fully saturated rings. The van der Waals surface area contributed by atoms with Crippen molar-refractivity contribution in [2.24, 2.45) is 5.73 Å². The van der Waals surface area contributed by atoms with Crippen molar-refractivity contribution in [2.45, 2.75) is 12.3 Å². The number of amides is 1.